The predicted octanol–water partition coefficient (Wildman–Crippen LogP) is 5.42. The Bertz CT molecular complexity index is 1320. The van der Waals surface area contributed by atoms with Crippen molar-refractivity contribution in [1.29, 1.82) is 0 Å². The number of carbonyl (C=O) groups excluding carboxylic acids is 1. The fraction of sp³-hybridized carbons (Fsp3) is 0.167. The first-order chi connectivity index (χ1) is 15.5. The molecule has 1 amide bonds. The standard InChI is InChI=1S/C24H22N2O3S3/c1-30-19-12-13-21-22(16-19)31-24(25-21)26(17-18-8-4-2-5-9-18)23(27)14-15-32(28,29)20-10-6-3-7-11-20/h2-13,16H,14-15,17H2,1H3. The van der Waals surface area contributed by atoms with Crippen LogP contribution in [0, 0.1) is 0 Å². The molecule has 32 heavy (non-hydrogen) atoms. The van der Waals surface area contributed by atoms with Crippen LogP contribution >= 0.6 is 23.1 Å². The Morgan fingerprint density at radius 1 is 1.00 bits per heavy atom. The van der Waals surface area contributed by atoms with Gasteiger partial charge in [-0.25, -0.2) is 13.4 Å². The van der Waals surface area contributed by atoms with Crippen LogP contribution in [0.1, 0.15) is 12.0 Å². The first-order valence-corrected chi connectivity index (χ1v) is 13.7. The minimum Gasteiger partial charge on any atom is -0.284 e. The third kappa shape index (κ3) is 5.20. The van der Waals surface area contributed by atoms with Gasteiger partial charge in [0.15, 0.2) is 15.0 Å². The third-order valence-electron chi connectivity index (χ3n) is 4.99. The Kier molecular flexibility index (Phi) is 6.93. The molecule has 4 rings (SSSR count). The largest absolute Gasteiger partial charge is 0.284 e. The van der Waals surface area contributed by atoms with Crippen molar-refractivity contribution in [3.63, 3.8) is 0 Å². The summed E-state index contributed by atoms with van der Waals surface area (Å²) in [5.41, 5.74) is 1.78. The van der Waals surface area contributed by atoms with Crippen LogP contribution in [0.15, 0.2) is 88.7 Å². The molecule has 0 saturated carbocycles. The molecule has 164 valence electrons. The van der Waals surface area contributed by atoms with Gasteiger partial charge in [0.05, 0.1) is 27.4 Å². The molecule has 1 aromatic heterocycles. The molecule has 0 aliphatic carbocycles. The van der Waals surface area contributed by atoms with E-state index in [0.717, 1.165) is 20.7 Å². The molecule has 0 radical (unpaired) electrons. The molecule has 0 aliphatic rings. The zero-order valence-corrected chi connectivity index (χ0v) is 19.9. The van der Waals surface area contributed by atoms with Gasteiger partial charge in [-0.15, -0.1) is 11.8 Å². The van der Waals surface area contributed by atoms with E-state index >= 15 is 0 Å². The van der Waals surface area contributed by atoms with E-state index in [4.69, 9.17) is 0 Å². The molecule has 8 heteroatoms. The topological polar surface area (TPSA) is 67.3 Å². The summed E-state index contributed by atoms with van der Waals surface area (Å²) in [6, 6.07) is 23.9. The number of carbonyl (C=O) groups is 1. The van der Waals surface area contributed by atoms with E-state index in [2.05, 4.69) is 11.1 Å². The number of aromatic nitrogens is 1. The molecule has 0 fully saturated rings. The fourth-order valence-electron chi connectivity index (χ4n) is 3.27. The van der Waals surface area contributed by atoms with Crippen molar-refractivity contribution < 1.29 is 13.2 Å². The second-order valence-electron chi connectivity index (χ2n) is 7.18. The zero-order chi connectivity index (χ0) is 22.6. The number of hydrogen-bond donors (Lipinski definition) is 0. The van der Waals surface area contributed by atoms with Crippen LogP contribution in [0.25, 0.3) is 10.2 Å². The molecular formula is C24H22N2O3S3. The molecule has 0 bridgehead atoms. The average Bonchev–Trinajstić information content (AvgIpc) is 3.25. The van der Waals surface area contributed by atoms with Crippen molar-refractivity contribution >= 4 is 54.2 Å². The summed E-state index contributed by atoms with van der Waals surface area (Å²) in [6.07, 6.45) is 1.90. The fourth-order valence-corrected chi connectivity index (χ4v) is 6.05. The summed E-state index contributed by atoms with van der Waals surface area (Å²) < 4.78 is 26.4. The number of thiazole rings is 1. The van der Waals surface area contributed by atoms with Crippen LogP contribution in [0.5, 0.6) is 0 Å². The van der Waals surface area contributed by atoms with E-state index in [0.29, 0.717) is 11.7 Å². The summed E-state index contributed by atoms with van der Waals surface area (Å²) in [4.78, 5) is 20.9. The number of fused-ring (bicyclic) bond motifs is 1. The lowest BCUT2D eigenvalue weighted by Gasteiger charge is -2.20. The molecule has 0 unspecified atom stereocenters. The monoisotopic (exact) mass is 482 g/mol. The molecule has 4 aromatic rings. The molecule has 3 aromatic carbocycles. The quantitative estimate of drug-likeness (QED) is 0.314. The normalized spacial score (nSPS) is 11.5. The van der Waals surface area contributed by atoms with Gasteiger partial charge in [-0.1, -0.05) is 59.9 Å². The van der Waals surface area contributed by atoms with Crippen LogP contribution < -0.4 is 4.90 Å². The van der Waals surface area contributed by atoms with Gasteiger partial charge in [-0.3, -0.25) is 9.69 Å². The minimum absolute atomic E-state index is 0.115. The summed E-state index contributed by atoms with van der Waals surface area (Å²) in [5, 5.41) is 0.573. The van der Waals surface area contributed by atoms with Crippen molar-refractivity contribution in [2.45, 2.75) is 22.8 Å². The average molecular weight is 483 g/mol. The summed E-state index contributed by atoms with van der Waals surface area (Å²) in [6.45, 7) is 0.334. The van der Waals surface area contributed by atoms with Gasteiger partial charge in [0, 0.05) is 11.3 Å². The van der Waals surface area contributed by atoms with Crippen LogP contribution in [0.3, 0.4) is 0 Å². The van der Waals surface area contributed by atoms with E-state index in [-0.39, 0.29) is 23.0 Å². The maximum absolute atomic E-state index is 13.2. The second-order valence-corrected chi connectivity index (χ2v) is 11.2. The van der Waals surface area contributed by atoms with E-state index in [1.54, 1.807) is 47.0 Å². The molecule has 0 spiro atoms. The third-order valence-corrected chi connectivity index (χ3v) is 8.49. The van der Waals surface area contributed by atoms with Crippen molar-refractivity contribution in [3.8, 4) is 0 Å². The number of rotatable bonds is 8. The number of amides is 1. The lowest BCUT2D eigenvalue weighted by molar-refractivity contribution is -0.118. The van der Waals surface area contributed by atoms with Gasteiger partial charge in [0.1, 0.15) is 0 Å². The van der Waals surface area contributed by atoms with Crippen LogP contribution in [0.4, 0.5) is 5.13 Å². The Balaban J connectivity index is 1.61. The van der Waals surface area contributed by atoms with Crippen LogP contribution in [0.2, 0.25) is 0 Å². The maximum atomic E-state index is 13.2. The SMILES string of the molecule is CSc1ccc2nc(N(Cc3ccccc3)C(=O)CCS(=O)(=O)c3ccccc3)sc2c1. The van der Waals surface area contributed by atoms with Gasteiger partial charge in [0.25, 0.3) is 0 Å². The van der Waals surface area contributed by atoms with Gasteiger partial charge >= 0.3 is 0 Å². The van der Waals surface area contributed by atoms with E-state index < -0.39 is 9.84 Å². The van der Waals surface area contributed by atoms with E-state index in [9.17, 15) is 13.2 Å². The van der Waals surface area contributed by atoms with Crippen LogP contribution in [-0.4, -0.2) is 31.3 Å². The lowest BCUT2D eigenvalue weighted by Crippen LogP contribution is -2.31. The van der Waals surface area contributed by atoms with Crippen molar-refractivity contribution in [2.24, 2.45) is 0 Å². The first kappa shape index (κ1) is 22.5. The van der Waals surface area contributed by atoms with Crippen LogP contribution in [-0.2, 0) is 21.2 Å². The Labute approximate surface area is 196 Å². The van der Waals surface area contributed by atoms with E-state index in [1.165, 1.54) is 11.3 Å². The van der Waals surface area contributed by atoms with Gasteiger partial charge in [-0.05, 0) is 42.2 Å². The Hall–Kier alpha value is -2.68. The molecule has 0 N–H and O–H groups in total. The van der Waals surface area contributed by atoms with Crippen molar-refractivity contribution in [3.05, 3.63) is 84.4 Å². The number of thioether (sulfide) groups is 1. The van der Waals surface area contributed by atoms with Gasteiger partial charge in [0.2, 0.25) is 5.91 Å². The summed E-state index contributed by atoms with van der Waals surface area (Å²) in [7, 11) is -3.54. The second kappa shape index (κ2) is 9.85. The van der Waals surface area contributed by atoms with Crippen molar-refractivity contribution in [2.75, 3.05) is 16.9 Å². The number of benzene rings is 3. The molecule has 1 heterocycles. The Morgan fingerprint density at radius 3 is 2.38 bits per heavy atom. The highest BCUT2D eigenvalue weighted by Crippen LogP contribution is 2.32. The summed E-state index contributed by atoms with van der Waals surface area (Å²) in [5.74, 6) is -0.514. The number of hydrogen-bond acceptors (Lipinski definition) is 6. The number of nitrogens with zero attached hydrogens (tertiary/aromatic N) is 2. The number of sulfone groups is 1. The van der Waals surface area contributed by atoms with Gasteiger partial charge < -0.3 is 0 Å². The Morgan fingerprint density at radius 2 is 1.69 bits per heavy atom. The van der Waals surface area contributed by atoms with Crippen molar-refractivity contribution in [1.82, 2.24) is 4.98 Å². The highest BCUT2D eigenvalue weighted by molar-refractivity contribution is 7.98. The first-order valence-electron chi connectivity index (χ1n) is 10.0. The smallest absolute Gasteiger partial charge is 0.230 e. The summed E-state index contributed by atoms with van der Waals surface area (Å²) >= 11 is 3.09. The molecule has 5 nitrogen and oxygen atoms in total. The highest BCUT2D eigenvalue weighted by atomic mass is 32.2. The van der Waals surface area contributed by atoms with Gasteiger partial charge in [-0.2, -0.15) is 0 Å². The highest BCUT2D eigenvalue weighted by Gasteiger charge is 2.23. The molecule has 0 aliphatic heterocycles. The zero-order valence-electron chi connectivity index (χ0n) is 17.5. The predicted molar refractivity (Wildman–Crippen MR) is 132 cm³/mol. The molecule has 0 saturated heterocycles. The molecular weight excluding hydrogens is 460 g/mol. The maximum Gasteiger partial charge on any atom is 0.230 e. The molecule has 0 atom stereocenters. The minimum atomic E-state index is -3.54. The lowest BCUT2D eigenvalue weighted by atomic mass is 10.2. The number of anilines is 1. The van der Waals surface area contributed by atoms with E-state index in [1.807, 2.05) is 48.7 Å².